The highest BCUT2D eigenvalue weighted by Gasteiger charge is 2.25. The first-order valence-corrected chi connectivity index (χ1v) is 9.86. The third-order valence-electron chi connectivity index (χ3n) is 5.52. The second-order valence-corrected chi connectivity index (χ2v) is 7.57. The quantitative estimate of drug-likeness (QED) is 0.826. The Kier molecular flexibility index (Phi) is 4.92. The molecule has 0 spiro atoms. The van der Waals surface area contributed by atoms with Crippen molar-refractivity contribution in [2.45, 2.75) is 52.0 Å². The van der Waals surface area contributed by atoms with Crippen molar-refractivity contribution < 1.29 is 4.79 Å². The van der Waals surface area contributed by atoms with E-state index in [0.717, 1.165) is 54.1 Å². The molecule has 1 aliphatic carbocycles. The maximum Gasteiger partial charge on any atom is 0.228 e. The largest absolute Gasteiger partial charge is 0.384 e. The number of rotatable bonds is 5. The molecule has 0 aromatic carbocycles. The van der Waals surface area contributed by atoms with Crippen molar-refractivity contribution in [1.82, 2.24) is 15.3 Å². The molecule has 2 aromatic heterocycles. The molecule has 5 nitrogen and oxygen atoms in total. The van der Waals surface area contributed by atoms with E-state index < -0.39 is 0 Å². The van der Waals surface area contributed by atoms with Crippen LogP contribution in [0.15, 0.2) is 42.4 Å². The number of nitrogens with one attached hydrogen (secondary N) is 2. The number of carbonyl (C=O) groups is 1. The molecule has 1 aliphatic heterocycles. The normalized spacial score (nSPS) is 19.7. The summed E-state index contributed by atoms with van der Waals surface area (Å²) in [5, 5.41) is 8.39. The van der Waals surface area contributed by atoms with Gasteiger partial charge in [-0.2, -0.15) is 0 Å². The fourth-order valence-electron chi connectivity index (χ4n) is 3.65. The molecule has 140 valence electrons. The van der Waals surface area contributed by atoms with Gasteiger partial charge in [-0.3, -0.25) is 9.78 Å². The molecule has 3 heterocycles. The first-order chi connectivity index (χ1) is 13.1. The van der Waals surface area contributed by atoms with E-state index in [0.29, 0.717) is 11.9 Å². The van der Waals surface area contributed by atoms with Crippen LogP contribution in [0.3, 0.4) is 0 Å². The zero-order valence-electron chi connectivity index (χ0n) is 16.0. The summed E-state index contributed by atoms with van der Waals surface area (Å²) in [6, 6.07) is 4.36. The third kappa shape index (κ3) is 3.72. The first kappa shape index (κ1) is 17.7. The monoisotopic (exact) mass is 362 g/mol. The number of hydrogen-bond donors (Lipinski definition) is 2. The lowest BCUT2D eigenvalue weighted by atomic mass is 9.85. The van der Waals surface area contributed by atoms with Crippen LogP contribution in [0.1, 0.15) is 51.6 Å². The molecule has 1 unspecified atom stereocenters. The number of hydrogen-bond acceptors (Lipinski definition) is 4. The molecule has 0 bridgehead atoms. The van der Waals surface area contributed by atoms with E-state index in [-0.39, 0.29) is 11.8 Å². The smallest absolute Gasteiger partial charge is 0.228 e. The SMILES string of the molecule is CCCC1C=C(C)C(c2cc3cnc(NC(=O)C4CCC4)cc3cn2)=CN1. The van der Waals surface area contributed by atoms with Crippen LogP contribution in [0.4, 0.5) is 5.82 Å². The van der Waals surface area contributed by atoms with Gasteiger partial charge in [-0.25, -0.2) is 4.98 Å². The summed E-state index contributed by atoms with van der Waals surface area (Å²) in [7, 11) is 0. The summed E-state index contributed by atoms with van der Waals surface area (Å²) in [4.78, 5) is 21.2. The van der Waals surface area contributed by atoms with E-state index in [2.05, 4.69) is 52.8 Å². The first-order valence-electron chi connectivity index (χ1n) is 9.86. The lowest BCUT2D eigenvalue weighted by Crippen LogP contribution is -2.28. The van der Waals surface area contributed by atoms with Crippen LogP contribution in [-0.4, -0.2) is 21.9 Å². The van der Waals surface area contributed by atoms with Gasteiger partial charge in [-0.1, -0.05) is 25.8 Å². The molecule has 1 fully saturated rings. The van der Waals surface area contributed by atoms with Crippen molar-refractivity contribution in [1.29, 1.82) is 0 Å². The van der Waals surface area contributed by atoms with Crippen LogP contribution in [0.25, 0.3) is 16.3 Å². The number of carbonyl (C=O) groups excluding carboxylic acids is 1. The fourth-order valence-corrected chi connectivity index (χ4v) is 3.65. The van der Waals surface area contributed by atoms with Gasteiger partial charge < -0.3 is 10.6 Å². The maximum absolute atomic E-state index is 12.1. The third-order valence-corrected chi connectivity index (χ3v) is 5.52. The minimum absolute atomic E-state index is 0.0820. The van der Waals surface area contributed by atoms with Crippen LogP contribution in [0.2, 0.25) is 0 Å². The van der Waals surface area contributed by atoms with Gasteiger partial charge in [0.1, 0.15) is 5.82 Å². The minimum atomic E-state index is 0.0820. The fraction of sp³-hybridized carbons (Fsp3) is 0.409. The molecule has 2 N–H and O–H groups in total. The molecule has 4 rings (SSSR count). The zero-order chi connectivity index (χ0) is 18.8. The van der Waals surface area contributed by atoms with E-state index in [9.17, 15) is 4.79 Å². The molecular weight excluding hydrogens is 336 g/mol. The predicted molar refractivity (Wildman–Crippen MR) is 109 cm³/mol. The van der Waals surface area contributed by atoms with Crippen LogP contribution in [0.5, 0.6) is 0 Å². The standard InChI is InChI=1S/C22H26N4O/c1-3-5-18-8-14(2)19(13-23-18)20-9-16-12-25-21(10-17(16)11-24-20)26-22(27)15-6-4-7-15/h8-13,15,18,23H,3-7H2,1-2H3,(H,25,26,27). The molecule has 1 amide bonds. The van der Waals surface area contributed by atoms with E-state index in [4.69, 9.17) is 0 Å². The summed E-state index contributed by atoms with van der Waals surface area (Å²) < 4.78 is 0. The van der Waals surface area contributed by atoms with Gasteiger partial charge in [0, 0.05) is 46.9 Å². The van der Waals surface area contributed by atoms with Crippen molar-refractivity contribution in [2.75, 3.05) is 5.32 Å². The molecule has 0 saturated heterocycles. The Hall–Kier alpha value is -2.69. The number of anilines is 1. The highest BCUT2D eigenvalue weighted by Crippen LogP contribution is 2.29. The Morgan fingerprint density at radius 1 is 1.22 bits per heavy atom. The number of pyridine rings is 2. The number of dihydropyridines is 1. The Labute approximate surface area is 160 Å². The van der Waals surface area contributed by atoms with E-state index >= 15 is 0 Å². The van der Waals surface area contributed by atoms with Gasteiger partial charge in [-0.15, -0.1) is 0 Å². The Bertz CT molecular complexity index is 927. The van der Waals surface area contributed by atoms with Crippen LogP contribution in [0, 0.1) is 5.92 Å². The second-order valence-electron chi connectivity index (χ2n) is 7.57. The summed E-state index contributed by atoms with van der Waals surface area (Å²) in [5.41, 5.74) is 3.30. The van der Waals surface area contributed by atoms with Gasteiger partial charge >= 0.3 is 0 Å². The van der Waals surface area contributed by atoms with Crippen LogP contribution >= 0.6 is 0 Å². The molecule has 1 saturated carbocycles. The van der Waals surface area contributed by atoms with Crippen LogP contribution < -0.4 is 10.6 Å². The molecule has 1 atom stereocenters. The highest BCUT2D eigenvalue weighted by atomic mass is 16.2. The lowest BCUT2D eigenvalue weighted by molar-refractivity contribution is -0.122. The average molecular weight is 362 g/mol. The van der Waals surface area contributed by atoms with Crippen molar-refractivity contribution >= 4 is 28.1 Å². The summed E-state index contributed by atoms with van der Waals surface area (Å²) in [5.74, 6) is 0.838. The minimum Gasteiger partial charge on any atom is -0.384 e. The summed E-state index contributed by atoms with van der Waals surface area (Å²) >= 11 is 0. The van der Waals surface area contributed by atoms with Crippen LogP contribution in [-0.2, 0) is 4.79 Å². The van der Waals surface area contributed by atoms with Gasteiger partial charge in [0.05, 0.1) is 5.69 Å². The number of nitrogens with zero attached hydrogens (tertiary/aromatic N) is 2. The van der Waals surface area contributed by atoms with Crippen molar-refractivity contribution in [3.05, 3.63) is 48.1 Å². The number of fused-ring (bicyclic) bond motifs is 1. The van der Waals surface area contributed by atoms with Gasteiger partial charge in [0.2, 0.25) is 5.91 Å². The predicted octanol–water partition coefficient (Wildman–Crippen LogP) is 4.43. The maximum atomic E-state index is 12.1. The Balaban J connectivity index is 1.54. The molecule has 5 heteroatoms. The summed E-state index contributed by atoms with van der Waals surface area (Å²) in [6.07, 6.45) is 13.4. The summed E-state index contributed by atoms with van der Waals surface area (Å²) in [6.45, 7) is 4.34. The Morgan fingerprint density at radius 2 is 2.00 bits per heavy atom. The van der Waals surface area contributed by atoms with Gasteiger partial charge in [0.25, 0.3) is 0 Å². The number of amides is 1. The second kappa shape index (κ2) is 7.51. The molecule has 2 aromatic rings. The van der Waals surface area contributed by atoms with E-state index in [1.54, 1.807) is 0 Å². The average Bonchev–Trinajstić information content (AvgIpc) is 2.60. The van der Waals surface area contributed by atoms with Gasteiger partial charge in [0.15, 0.2) is 0 Å². The van der Waals surface area contributed by atoms with Crippen molar-refractivity contribution in [3.8, 4) is 0 Å². The molecule has 27 heavy (non-hydrogen) atoms. The topological polar surface area (TPSA) is 66.9 Å². The lowest BCUT2D eigenvalue weighted by Gasteiger charge is -2.23. The Morgan fingerprint density at radius 3 is 2.70 bits per heavy atom. The molecule has 2 aliphatic rings. The van der Waals surface area contributed by atoms with Crippen molar-refractivity contribution in [2.24, 2.45) is 5.92 Å². The highest BCUT2D eigenvalue weighted by molar-refractivity contribution is 5.95. The molecular formula is C22H26N4O. The molecule has 0 radical (unpaired) electrons. The van der Waals surface area contributed by atoms with E-state index in [1.807, 2.05) is 18.5 Å². The van der Waals surface area contributed by atoms with Gasteiger partial charge in [-0.05, 0) is 43.9 Å². The number of aromatic nitrogens is 2. The van der Waals surface area contributed by atoms with E-state index in [1.165, 1.54) is 5.57 Å². The number of allylic oxidation sites excluding steroid dienone is 2. The zero-order valence-corrected chi connectivity index (χ0v) is 16.0. The van der Waals surface area contributed by atoms with Crippen molar-refractivity contribution in [3.63, 3.8) is 0 Å².